The summed E-state index contributed by atoms with van der Waals surface area (Å²) in [5.74, 6) is -0.632. The van der Waals surface area contributed by atoms with Crippen molar-refractivity contribution in [2.75, 3.05) is 7.11 Å². The highest BCUT2D eigenvalue weighted by Crippen LogP contribution is 2.36. The average Bonchev–Trinajstić information content (AvgIpc) is 3.12. The number of imide groups is 1. The molecule has 10 heteroatoms. The molecule has 1 aliphatic heterocycles. The number of benzene rings is 3. The SMILES string of the molecule is COc1cc(/C=C2\SC(=O)N(Cc3ccccc3[N+](=O)[O-])C2=O)ccc1OC(=O)c1cccc(C)c1. The lowest BCUT2D eigenvalue weighted by Gasteiger charge is -2.12. The Hall–Kier alpha value is -4.44. The summed E-state index contributed by atoms with van der Waals surface area (Å²) in [5.41, 5.74) is 1.95. The second-order valence-electron chi connectivity index (χ2n) is 7.82. The lowest BCUT2D eigenvalue weighted by atomic mass is 10.1. The molecule has 4 rings (SSSR count). The molecule has 0 unspecified atom stereocenters. The molecule has 1 saturated heterocycles. The minimum atomic E-state index is -0.558. The van der Waals surface area contributed by atoms with Crippen LogP contribution in [0.15, 0.2) is 71.6 Å². The number of amides is 2. The van der Waals surface area contributed by atoms with Crippen LogP contribution < -0.4 is 9.47 Å². The molecule has 3 aromatic carbocycles. The number of hydrogen-bond donors (Lipinski definition) is 0. The minimum Gasteiger partial charge on any atom is -0.493 e. The van der Waals surface area contributed by atoms with Gasteiger partial charge >= 0.3 is 5.97 Å². The number of methoxy groups -OCH3 is 1. The standard InChI is InChI=1S/C26H20N2O7S/c1-16-6-5-8-18(12-16)25(30)35-21-11-10-17(13-22(21)34-2)14-23-24(29)27(26(31)36-23)15-19-7-3-4-9-20(19)28(32)33/h3-14H,15H2,1-2H3/b23-14-. The topological polar surface area (TPSA) is 116 Å². The summed E-state index contributed by atoms with van der Waals surface area (Å²) in [4.78, 5) is 49.8. The molecule has 36 heavy (non-hydrogen) atoms. The number of para-hydroxylation sites is 1. The maximum absolute atomic E-state index is 12.9. The van der Waals surface area contributed by atoms with Gasteiger partial charge < -0.3 is 9.47 Å². The van der Waals surface area contributed by atoms with Gasteiger partial charge in [0.2, 0.25) is 0 Å². The zero-order chi connectivity index (χ0) is 25.8. The van der Waals surface area contributed by atoms with Gasteiger partial charge in [-0.05, 0) is 54.6 Å². The molecule has 0 radical (unpaired) electrons. The number of esters is 1. The fraction of sp³-hybridized carbons (Fsp3) is 0.115. The maximum Gasteiger partial charge on any atom is 0.343 e. The highest BCUT2D eigenvalue weighted by atomic mass is 32.2. The van der Waals surface area contributed by atoms with Crippen molar-refractivity contribution in [1.29, 1.82) is 0 Å². The third kappa shape index (κ3) is 5.28. The number of thioether (sulfide) groups is 1. The van der Waals surface area contributed by atoms with Crippen molar-refractivity contribution >= 4 is 40.6 Å². The van der Waals surface area contributed by atoms with Crippen LogP contribution in [0.5, 0.6) is 11.5 Å². The van der Waals surface area contributed by atoms with E-state index in [0.717, 1.165) is 22.2 Å². The number of carbonyl (C=O) groups excluding carboxylic acids is 3. The Labute approximate surface area is 210 Å². The minimum absolute atomic E-state index is 0.158. The smallest absolute Gasteiger partial charge is 0.343 e. The van der Waals surface area contributed by atoms with Crippen LogP contribution in [0.4, 0.5) is 10.5 Å². The summed E-state index contributed by atoms with van der Waals surface area (Å²) in [7, 11) is 1.42. The summed E-state index contributed by atoms with van der Waals surface area (Å²) >= 11 is 0.740. The van der Waals surface area contributed by atoms with E-state index in [9.17, 15) is 24.5 Å². The van der Waals surface area contributed by atoms with Crippen LogP contribution in [0.25, 0.3) is 6.08 Å². The van der Waals surface area contributed by atoms with E-state index in [0.29, 0.717) is 11.1 Å². The molecule has 1 heterocycles. The van der Waals surface area contributed by atoms with E-state index in [1.807, 2.05) is 13.0 Å². The molecule has 0 atom stereocenters. The van der Waals surface area contributed by atoms with Crippen LogP contribution in [0.2, 0.25) is 0 Å². The van der Waals surface area contributed by atoms with Gasteiger partial charge in [0.05, 0.1) is 29.0 Å². The average molecular weight is 505 g/mol. The first-order chi connectivity index (χ1) is 17.3. The summed E-state index contributed by atoms with van der Waals surface area (Å²) in [6.45, 7) is 1.66. The number of rotatable bonds is 7. The van der Waals surface area contributed by atoms with Crippen molar-refractivity contribution in [1.82, 2.24) is 4.90 Å². The Balaban J connectivity index is 1.53. The van der Waals surface area contributed by atoms with Gasteiger partial charge in [0.1, 0.15) is 0 Å². The Bertz CT molecular complexity index is 1420. The van der Waals surface area contributed by atoms with Gasteiger partial charge in [0.15, 0.2) is 11.5 Å². The van der Waals surface area contributed by atoms with Crippen molar-refractivity contribution in [3.05, 3.63) is 104 Å². The molecule has 0 saturated carbocycles. The fourth-order valence-corrected chi connectivity index (χ4v) is 4.41. The van der Waals surface area contributed by atoms with Crippen LogP contribution in [0, 0.1) is 17.0 Å². The van der Waals surface area contributed by atoms with Crippen LogP contribution in [0.3, 0.4) is 0 Å². The van der Waals surface area contributed by atoms with Gasteiger partial charge in [0.25, 0.3) is 16.8 Å². The molecule has 0 spiro atoms. The largest absolute Gasteiger partial charge is 0.493 e. The first-order valence-corrected chi connectivity index (χ1v) is 11.5. The predicted molar refractivity (Wildman–Crippen MR) is 134 cm³/mol. The molecule has 1 fully saturated rings. The summed E-state index contributed by atoms with van der Waals surface area (Å²) < 4.78 is 10.8. The predicted octanol–water partition coefficient (Wildman–Crippen LogP) is 5.37. The van der Waals surface area contributed by atoms with Crippen LogP contribution >= 0.6 is 11.8 Å². The second-order valence-corrected chi connectivity index (χ2v) is 8.82. The van der Waals surface area contributed by atoms with Crippen molar-refractivity contribution < 1.29 is 28.8 Å². The molecular formula is C26H20N2O7S. The first-order valence-electron chi connectivity index (χ1n) is 10.7. The molecule has 0 bridgehead atoms. The van der Waals surface area contributed by atoms with Crippen LogP contribution in [-0.2, 0) is 11.3 Å². The van der Waals surface area contributed by atoms with Crippen molar-refractivity contribution in [2.24, 2.45) is 0 Å². The van der Waals surface area contributed by atoms with Crippen molar-refractivity contribution in [3.8, 4) is 11.5 Å². The summed E-state index contributed by atoms with van der Waals surface area (Å²) in [5, 5.41) is 10.7. The van der Waals surface area contributed by atoms with E-state index >= 15 is 0 Å². The van der Waals surface area contributed by atoms with E-state index in [1.165, 1.54) is 37.5 Å². The third-order valence-corrected chi connectivity index (χ3v) is 6.24. The number of nitro benzene ring substituents is 1. The monoisotopic (exact) mass is 504 g/mol. The van der Waals surface area contributed by atoms with Gasteiger partial charge in [-0.3, -0.25) is 24.6 Å². The van der Waals surface area contributed by atoms with E-state index in [1.54, 1.807) is 36.4 Å². The number of aryl methyl sites for hydroxylation is 1. The number of carbonyl (C=O) groups is 3. The Morgan fingerprint density at radius 1 is 1.06 bits per heavy atom. The molecular weight excluding hydrogens is 484 g/mol. The quantitative estimate of drug-likeness (QED) is 0.139. The van der Waals surface area contributed by atoms with E-state index < -0.39 is 22.0 Å². The summed E-state index contributed by atoms with van der Waals surface area (Å²) in [6, 6.07) is 17.7. The molecule has 0 aromatic heterocycles. The van der Waals surface area contributed by atoms with Gasteiger partial charge in [-0.15, -0.1) is 0 Å². The zero-order valence-corrected chi connectivity index (χ0v) is 20.1. The van der Waals surface area contributed by atoms with E-state index in [2.05, 4.69) is 0 Å². The van der Waals surface area contributed by atoms with Gasteiger partial charge in [-0.2, -0.15) is 0 Å². The van der Waals surface area contributed by atoms with Gasteiger partial charge in [-0.1, -0.05) is 42.0 Å². The van der Waals surface area contributed by atoms with E-state index in [4.69, 9.17) is 9.47 Å². The second kappa shape index (κ2) is 10.4. The highest BCUT2D eigenvalue weighted by molar-refractivity contribution is 8.18. The maximum atomic E-state index is 12.9. The summed E-state index contributed by atoms with van der Waals surface area (Å²) in [6.07, 6.45) is 1.51. The van der Waals surface area contributed by atoms with Crippen LogP contribution in [0.1, 0.15) is 27.0 Å². The lowest BCUT2D eigenvalue weighted by Crippen LogP contribution is -2.27. The highest BCUT2D eigenvalue weighted by Gasteiger charge is 2.36. The molecule has 1 aliphatic rings. The normalized spacial score (nSPS) is 14.3. The molecule has 3 aromatic rings. The number of hydrogen-bond acceptors (Lipinski definition) is 8. The molecule has 182 valence electrons. The first kappa shape index (κ1) is 24.7. The molecule has 2 amide bonds. The lowest BCUT2D eigenvalue weighted by molar-refractivity contribution is -0.385. The van der Waals surface area contributed by atoms with Gasteiger partial charge in [0, 0.05) is 11.6 Å². The zero-order valence-electron chi connectivity index (χ0n) is 19.3. The molecule has 0 N–H and O–H groups in total. The molecule has 0 aliphatic carbocycles. The van der Waals surface area contributed by atoms with Crippen molar-refractivity contribution in [2.45, 2.75) is 13.5 Å². The number of nitro groups is 1. The van der Waals surface area contributed by atoms with E-state index in [-0.39, 0.29) is 34.2 Å². The fourth-order valence-electron chi connectivity index (χ4n) is 3.57. The Kier molecular flexibility index (Phi) is 7.16. The van der Waals surface area contributed by atoms with Crippen molar-refractivity contribution in [3.63, 3.8) is 0 Å². The molecule has 9 nitrogen and oxygen atoms in total. The number of nitrogens with zero attached hydrogens (tertiary/aromatic N) is 2. The van der Waals surface area contributed by atoms with Gasteiger partial charge in [-0.25, -0.2) is 4.79 Å². The van der Waals surface area contributed by atoms with Crippen LogP contribution in [-0.4, -0.2) is 34.0 Å². The third-order valence-electron chi connectivity index (χ3n) is 5.33. The number of ether oxygens (including phenoxy) is 2. The Morgan fingerprint density at radius 2 is 1.83 bits per heavy atom. The Morgan fingerprint density at radius 3 is 2.56 bits per heavy atom.